The summed E-state index contributed by atoms with van der Waals surface area (Å²) in [5, 5.41) is 20.9. The van der Waals surface area contributed by atoms with E-state index in [2.05, 4.69) is 15.5 Å². The van der Waals surface area contributed by atoms with E-state index in [0.29, 0.717) is 12.3 Å². The second-order valence-electron chi connectivity index (χ2n) is 5.17. The molecule has 1 aromatic heterocycles. The normalized spacial score (nSPS) is 10.5. The first-order valence-corrected chi connectivity index (χ1v) is 8.66. The lowest BCUT2D eigenvalue weighted by Gasteiger charge is -2.00. The number of hydrogen-bond acceptors (Lipinski definition) is 7. The largest absolute Gasteiger partial charge is 0.408 e. The Balaban J connectivity index is 1.55. The third kappa shape index (κ3) is 4.67. The van der Waals surface area contributed by atoms with Gasteiger partial charge >= 0.3 is 6.01 Å². The van der Waals surface area contributed by atoms with E-state index in [-0.39, 0.29) is 17.3 Å². The standard InChI is InChI=1S/C17H14N4O4S/c22-16(12-5-4-6-13(11-12)21(23)24)18-17-20-19-15(25-17)9-10-26-14-7-2-1-3-8-14/h1-8,11H,9-10H2,(H,18,20,22). The molecule has 0 fully saturated rings. The van der Waals surface area contributed by atoms with Crippen molar-refractivity contribution in [3.8, 4) is 0 Å². The highest BCUT2D eigenvalue weighted by atomic mass is 32.2. The van der Waals surface area contributed by atoms with Gasteiger partial charge in [-0.3, -0.25) is 20.2 Å². The van der Waals surface area contributed by atoms with Crippen LogP contribution < -0.4 is 5.32 Å². The summed E-state index contributed by atoms with van der Waals surface area (Å²) in [5.74, 6) is 0.607. The molecular weight excluding hydrogens is 356 g/mol. The second kappa shape index (κ2) is 8.26. The molecule has 9 heteroatoms. The van der Waals surface area contributed by atoms with E-state index in [9.17, 15) is 14.9 Å². The Morgan fingerprint density at radius 2 is 1.96 bits per heavy atom. The maximum absolute atomic E-state index is 12.1. The summed E-state index contributed by atoms with van der Waals surface area (Å²) in [6.45, 7) is 0. The monoisotopic (exact) mass is 370 g/mol. The van der Waals surface area contributed by atoms with Crippen LogP contribution in [0.15, 0.2) is 63.9 Å². The van der Waals surface area contributed by atoms with Crippen molar-refractivity contribution in [3.63, 3.8) is 0 Å². The summed E-state index contributed by atoms with van der Waals surface area (Å²) < 4.78 is 5.39. The van der Waals surface area contributed by atoms with Gasteiger partial charge in [-0.1, -0.05) is 29.4 Å². The predicted octanol–water partition coefficient (Wildman–Crippen LogP) is 3.56. The minimum Gasteiger partial charge on any atom is -0.408 e. The zero-order valence-electron chi connectivity index (χ0n) is 13.5. The van der Waals surface area contributed by atoms with E-state index in [1.165, 1.54) is 24.3 Å². The summed E-state index contributed by atoms with van der Waals surface area (Å²) >= 11 is 1.66. The first-order chi connectivity index (χ1) is 12.6. The Morgan fingerprint density at radius 3 is 2.73 bits per heavy atom. The molecule has 26 heavy (non-hydrogen) atoms. The van der Waals surface area contributed by atoms with Gasteiger partial charge in [0.25, 0.3) is 11.6 Å². The molecule has 0 aliphatic heterocycles. The Kier molecular flexibility index (Phi) is 5.59. The van der Waals surface area contributed by atoms with Gasteiger partial charge in [-0.2, -0.15) is 0 Å². The van der Waals surface area contributed by atoms with Crippen molar-refractivity contribution in [2.45, 2.75) is 11.3 Å². The number of hydrogen-bond donors (Lipinski definition) is 1. The number of carbonyl (C=O) groups excluding carboxylic acids is 1. The molecule has 0 radical (unpaired) electrons. The molecule has 1 N–H and O–H groups in total. The highest BCUT2D eigenvalue weighted by Crippen LogP contribution is 2.19. The van der Waals surface area contributed by atoms with E-state index in [0.717, 1.165) is 10.6 Å². The number of aromatic nitrogens is 2. The van der Waals surface area contributed by atoms with Crippen LogP contribution in [0.2, 0.25) is 0 Å². The minimum atomic E-state index is -0.564. The van der Waals surface area contributed by atoms with Crippen LogP contribution in [0.4, 0.5) is 11.7 Å². The van der Waals surface area contributed by atoms with Gasteiger partial charge in [-0.25, -0.2) is 0 Å². The van der Waals surface area contributed by atoms with Gasteiger partial charge < -0.3 is 4.42 Å². The molecule has 1 amide bonds. The lowest BCUT2D eigenvalue weighted by molar-refractivity contribution is -0.384. The zero-order valence-corrected chi connectivity index (χ0v) is 14.3. The SMILES string of the molecule is O=C(Nc1nnc(CCSc2ccccc2)o1)c1cccc([N+](=O)[O-])c1. The maximum Gasteiger partial charge on any atom is 0.322 e. The molecule has 3 aromatic rings. The lowest BCUT2D eigenvalue weighted by Crippen LogP contribution is -2.12. The first kappa shape index (κ1) is 17.6. The molecule has 1 heterocycles. The smallest absolute Gasteiger partial charge is 0.322 e. The number of nitrogens with one attached hydrogen (secondary N) is 1. The Morgan fingerprint density at radius 1 is 1.15 bits per heavy atom. The lowest BCUT2D eigenvalue weighted by atomic mass is 10.2. The van der Waals surface area contributed by atoms with E-state index in [4.69, 9.17) is 4.42 Å². The Hall–Kier alpha value is -3.20. The van der Waals surface area contributed by atoms with Gasteiger partial charge in [0.2, 0.25) is 5.89 Å². The van der Waals surface area contributed by atoms with Gasteiger partial charge in [-0.15, -0.1) is 16.9 Å². The van der Waals surface area contributed by atoms with Gasteiger partial charge in [0.05, 0.1) is 4.92 Å². The molecule has 3 rings (SSSR count). The number of carbonyl (C=O) groups is 1. The number of nitro groups is 1. The quantitative estimate of drug-likeness (QED) is 0.384. The molecule has 0 bridgehead atoms. The highest BCUT2D eigenvalue weighted by Gasteiger charge is 2.14. The van der Waals surface area contributed by atoms with Crippen molar-refractivity contribution < 1.29 is 14.1 Å². The van der Waals surface area contributed by atoms with Crippen LogP contribution in [0.3, 0.4) is 0 Å². The number of aryl methyl sites for hydroxylation is 1. The number of benzene rings is 2. The third-order valence-corrected chi connectivity index (χ3v) is 4.35. The summed E-state index contributed by atoms with van der Waals surface area (Å²) in [5.41, 5.74) is -0.0274. The summed E-state index contributed by atoms with van der Waals surface area (Å²) in [6, 6.07) is 15.3. The molecule has 0 atom stereocenters. The topological polar surface area (TPSA) is 111 Å². The molecule has 0 saturated heterocycles. The van der Waals surface area contributed by atoms with Crippen LogP contribution in [0.1, 0.15) is 16.2 Å². The number of nitrogens with zero attached hydrogens (tertiary/aromatic N) is 3. The van der Waals surface area contributed by atoms with E-state index in [1.807, 2.05) is 30.3 Å². The van der Waals surface area contributed by atoms with Gasteiger partial charge in [0.15, 0.2) is 0 Å². The van der Waals surface area contributed by atoms with E-state index >= 15 is 0 Å². The molecule has 0 aliphatic carbocycles. The summed E-state index contributed by atoms with van der Waals surface area (Å²) in [6.07, 6.45) is 0.555. The molecule has 0 aliphatic rings. The van der Waals surface area contributed by atoms with Crippen LogP contribution in [-0.2, 0) is 6.42 Å². The molecule has 0 spiro atoms. The van der Waals surface area contributed by atoms with Crippen LogP contribution in [0.5, 0.6) is 0 Å². The predicted molar refractivity (Wildman–Crippen MR) is 96.2 cm³/mol. The molecule has 0 unspecified atom stereocenters. The van der Waals surface area contributed by atoms with E-state index < -0.39 is 10.8 Å². The van der Waals surface area contributed by atoms with E-state index in [1.54, 1.807) is 11.8 Å². The number of rotatable bonds is 7. The number of nitro benzene ring substituents is 1. The highest BCUT2D eigenvalue weighted by molar-refractivity contribution is 7.99. The van der Waals surface area contributed by atoms with Crippen molar-refractivity contribution in [2.24, 2.45) is 0 Å². The zero-order chi connectivity index (χ0) is 18.4. The fourth-order valence-corrected chi connectivity index (χ4v) is 2.97. The van der Waals surface area contributed by atoms with Crippen LogP contribution in [0.25, 0.3) is 0 Å². The summed E-state index contributed by atoms with van der Waals surface area (Å²) in [4.78, 5) is 23.5. The Bertz CT molecular complexity index is 914. The molecule has 8 nitrogen and oxygen atoms in total. The van der Waals surface area contributed by atoms with Crippen LogP contribution >= 0.6 is 11.8 Å². The van der Waals surface area contributed by atoms with Crippen LogP contribution in [0, 0.1) is 10.1 Å². The minimum absolute atomic E-state index is 0.0405. The van der Waals surface area contributed by atoms with Crippen molar-refractivity contribution in [1.82, 2.24) is 10.2 Å². The molecule has 2 aromatic carbocycles. The van der Waals surface area contributed by atoms with Crippen LogP contribution in [-0.4, -0.2) is 26.8 Å². The third-order valence-electron chi connectivity index (χ3n) is 3.33. The fraction of sp³-hybridized carbons (Fsp3) is 0.118. The van der Waals surface area contributed by atoms with Gasteiger partial charge in [0.1, 0.15) is 0 Å². The first-order valence-electron chi connectivity index (χ1n) is 7.68. The number of thioether (sulfide) groups is 1. The maximum atomic E-state index is 12.1. The second-order valence-corrected chi connectivity index (χ2v) is 6.34. The van der Waals surface area contributed by atoms with Gasteiger partial charge in [0, 0.05) is 34.8 Å². The molecular formula is C17H14N4O4S. The number of anilines is 1. The molecule has 132 valence electrons. The summed E-state index contributed by atoms with van der Waals surface area (Å²) in [7, 11) is 0. The number of non-ortho nitro benzene ring substituents is 1. The Labute approximate surface area is 152 Å². The molecule has 0 saturated carbocycles. The van der Waals surface area contributed by atoms with Crippen molar-refractivity contribution >= 4 is 29.4 Å². The average Bonchev–Trinajstić information content (AvgIpc) is 3.10. The number of amides is 1. The van der Waals surface area contributed by atoms with Gasteiger partial charge in [-0.05, 0) is 18.2 Å². The van der Waals surface area contributed by atoms with Crippen molar-refractivity contribution in [3.05, 3.63) is 76.2 Å². The van der Waals surface area contributed by atoms with Crippen molar-refractivity contribution in [2.75, 3.05) is 11.1 Å². The average molecular weight is 370 g/mol. The van der Waals surface area contributed by atoms with Crippen molar-refractivity contribution in [1.29, 1.82) is 0 Å². The fourth-order valence-electron chi connectivity index (χ4n) is 2.11.